The van der Waals surface area contributed by atoms with E-state index < -0.39 is 5.97 Å². The first kappa shape index (κ1) is 14.8. The molecule has 0 aliphatic rings. The number of aromatic carboxylic acids is 1. The third-order valence-corrected chi connectivity index (χ3v) is 3.16. The number of carbonyl (C=O) groups is 1. The molecule has 110 valence electrons. The first-order chi connectivity index (χ1) is 10.1. The number of benzene rings is 2. The Labute approximate surface area is 122 Å². The van der Waals surface area contributed by atoms with Crippen molar-refractivity contribution in [3.8, 4) is 5.75 Å². The quantitative estimate of drug-likeness (QED) is 0.912. The van der Waals surface area contributed by atoms with Crippen LogP contribution in [0, 0.1) is 5.82 Å². The molecule has 21 heavy (non-hydrogen) atoms. The first-order valence-corrected chi connectivity index (χ1v) is 6.51. The Balaban J connectivity index is 2.57. The lowest BCUT2D eigenvalue weighted by Crippen LogP contribution is -2.19. The van der Waals surface area contributed by atoms with E-state index in [9.17, 15) is 14.3 Å². The number of anilines is 2. The van der Waals surface area contributed by atoms with Gasteiger partial charge in [0.05, 0.1) is 18.4 Å². The zero-order valence-corrected chi connectivity index (χ0v) is 11.8. The third-order valence-electron chi connectivity index (χ3n) is 3.16. The smallest absolute Gasteiger partial charge is 0.337 e. The molecule has 0 spiro atoms. The van der Waals surface area contributed by atoms with Crippen LogP contribution in [0.25, 0.3) is 0 Å². The maximum atomic E-state index is 13.4. The minimum absolute atomic E-state index is 0.141. The van der Waals surface area contributed by atoms with E-state index in [1.165, 1.54) is 25.3 Å². The van der Waals surface area contributed by atoms with Crippen molar-refractivity contribution in [3.05, 3.63) is 53.8 Å². The fraction of sp³-hybridized carbons (Fsp3) is 0.188. The second-order valence-electron chi connectivity index (χ2n) is 4.41. The van der Waals surface area contributed by atoms with Crippen LogP contribution in [0.2, 0.25) is 0 Å². The van der Waals surface area contributed by atoms with E-state index in [2.05, 4.69) is 0 Å². The van der Waals surface area contributed by atoms with Crippen LogP contribution in [0.5, 0.6) is 5.75 Å². The van der Waals surface area contributed by atoms with Gasteiger partial charge in [0.15, 0.2) is 0 Å². The van der Waals surface area contributed by atoms with Crippen LogP contribution in [0.1, 0.15) is 17.3 Å². The second kappa shape index (κ2) is 6.26. The van der Waals surface area contributed by atoms with Crippen molar-refractivity contribution in [3.63, 3.8) is 0 Å². The monoisotopic (exact) mass is 289 g/mol. The topological polar surface area (TPSA) is 49.8 Å². The molecule has 0 amide bonds. The first-order valence-electron chi connectivity index (χ1n) is 6.51. The molecule has 0 saturated carbocycles. The number of hydrogen-bond acceptors (Lipinski definition) is 3. The minimum Gasteiger partial charge on any atom is -0.497 e. The summed E-state index contributed by atoms with van der Waals surface area (Å²) in [4.78, 5) is 13.1. The zero-order valence-electron chi connectivity index (χ0n) is 11.8. The highest BCUT2D eigenvalue weighted by Gasteiger charge is 2.17. The van der Waals surface area contributed by atoms with Gasteiger partial charge in [-0.3, -0.25) is 0 Å². The number of nitrogens with zero attached hydrogens (tertiary/aromatic N) is 1. The Morgan fingerprint density at radius 2 is 2.05 bits per heavy atom. The highest BCUT2D eigenvalue weighted by Crippen LogP contribution is 2.32. The van der Waals surface area contributed by atoms with Crippen molar-refractivity contribution >= 4 is 17.3 Å². The predicted octanol–water partition coefficient (Wildman–Crippen LogP) is 3.69. The van der Waals surface area contributed by atoms with E-state index in [0.717, 1.165) is 0 Å². The van der Waals surface area contributed by atoms with E-state index in [0.29, 0.717) is 23.7 Å². The average Bonchev–Trinajstić information content (AvgIpc) is 2.47. The minimum atomic E-state index is -1.04. The molecule has 0 atom stereocenters. The summed E-state index contributed by atoms with van der Waals surface area (Å²) in [5, 5.41) is 9.33. The van der Waals surface area contributed by atoms with Gasteiger partial charge in [0, 0.05) is 18.3 Å². The van der Waals surface area contributed by atoms with Gasteiger partial charge in [-0.1, -0.05) is 6.07 Å². The van der Waals surface area contributed by atoms with E-state index in [1.807, 2.05) is 6.92 Å². The lowest BCUT2D eigenvalue weighted by Gasteiger charge is -2.25. The molecule has 2 aromatic carbocycles. The van der Waals surface area contributed by atoms with Crippen LogP contribution in [0.15, 0.2) is 42.5 Å². The molecule has 5 heteroatoms. The molecule has 0 aromatic heterocycles. The number of carboxylic acid groups (broad SMARTS) is 1. The molecule has 0 aliphatic carbocycles. The Kier molecular flexibility index (Phi) is 4.42. The number of rotatable bonds is 5. The Morgan fingerprint density at radius 1 is 1.29 bits per heavy atom. The molecule has 4 nitrogen and oxygen atoms in total. The normalized spacial score (nSPS) is 10.2. The molecule has 1 N–H and O–H groups in total. The van der Waals surface area contributed by atoms with Gasteiger partial charge in [0.1, 0.15) is 11.6 Å². The number of ether oxygens (including phenoxy) is 1. The summed E-state index contributed by atoms with van der Waals surface area (Å²) >= 11 is 0. The molecule has 0 heterocycles. The molecular weight excluding hydrogens is 273 g/mol. The van der Waals surface area contributed by atoms with Gasteiger partial charge >= 0.3 is 5.97 Å². The fourth-order valence-electron chi connectivity index (χ4n) is 2.18. The molecule has 0 aliphatic heterocycles. The van der Waals surface area contributed by atoms with Gasteiger partial charge in [-0.2, -0.15) is 0 Å². The predicted molar refractivity (Wildman–Crippen MR) is 79.0 cm³/mol. The summed E-state index contributed by atoms with van der Waals surface area (Å²) in [7, 11) is 1.51. The van der Waals surface area contributed by atoms with E-state index in [4.69, 9.17) is 4.74 Å². The van der Waals surface area contributed by atoms with Crippen LogP contribution in [0.3, 0.4) is 0 Å². The molecule has 2 rings (SSSR count). The summed E-state index contributed by atoms with van der Waals surface area (Å²) in [5.74, 6) is -0.863. The Morgan fingerprint density at radius 3 is 2.62 bits per heavy atom. The lowest BCUT2D eigenvalue weighted by molar-refractivity contribution is 0.0697. The van der Waals surface area contributed by atoms with Crippen molar-refractivity contribution in [1.29, 1.82) is 0 Å². The van der Waals surface area contributed by atoms with Crippen LogP contribution in [0.4, 0.5) is 15.8 Å². The molecule has 0 bridgehead atoms. The second-order valence-corrected chi connectivity index (χ2v) is 4.41. The van der Waals surface area contributed by atoms with Gasteiger partial charge in [-0.25, -0.2) is 9.18 Å². The van der Waals surface area contributed by atoms with Gasteiger partial charge in [-0.05, 0) is 37.3 Å². The van der Waals surface area contributed by atoms with E-state index >= 15 is 0 Å². The Hall–Kier alpha value is -2.56. The Bertz CT molecular complexity index is 658. The highest BCUT2D eigenvalue weighted by molar-refractivity contribution is 5.96. The molecule has 0 saturated heterocycles. The van der Waals surface area contributed by atoms with Gasteiger partial charge in [0.2, 0.25) is 0 Å². The van der Waals surface area contributed by atoms with Crippen LogP contribution in [-0.4, -0.2) is 24.7 Å². The maximum absolute atomic E-state index is 13.4. The number of carboxylic acids is 1. The summed E-state index contributed by atoms with van der Waals surface area (Å²) in [5.41, 5.74) is 1.20. The van der Waals surface area contributed by atoms with Gasteiger partial charge in [-0.15, -0.1) is 0 Å². The zero-order chi connectivity index (χ0) is 15.4. The largest absolute Gasteiger partial charge is 0.497 e. The van der Waals surface area contributed by atoms with Crippen molar-refractivity contribution in [2.75, 3.05) is 18.6 Å². The standard InChI is InChI=1S/C16H16FNO3/c1-3-18(12-6-4-5-11(17)9-12)15-10-13(21-2)7-8-14(15)16(19)20/h4-10H,3H2,1-2H3,(H,19,20). The molecule has 0 radical (unpaired) electrons. The van der Waals surface area contributed by atoms with Crippen LogP contribution >= 0.6 is 0 Å². The van der Waals surface area contributed by atoms with Crippen molar-refractivity contribution in [2.45, 2.75) is 6.92 Å². The molecule has 0 unspecified atom stereocenters. The summed E-state index contributed by atoms with van der Waals surface area (Å²) in [6, 6.07) is 10.8. The van der Waals surface area contributed by atoms with Crippen LogP contribution < -0.4 is 9.64 Å². The molecule has 2 aromatic rings. The number of halogens is 1. The number of hydrogen-bond donors (Lipinski definition) is 1. The summed E-state index contributed by atoms with van der Waals surface area (Å²) in [6.07, 6.45) is 0. The number of methoxy groups -OCH3 is 1. The van der Waals surface area contributed by atoms with E-state index in [1.54, 1.807) is 29.2 Å². The molecule has 0 fully saturated rings. The van der Waals surface area contributed by atoms with Crippen molar-refractivity contribution < 1.29 is 19.0 Å². The average molecular weight is 289 g/mol. The van der Waals surface area contributed by atoms with E-state index in [-0.39, 0.29) is 11.4 Å². The molecular formula is C16H16FNO3. The lowest BCUT2D eigenvalue weighted by atomic mass is 10.1. The fourth-order valence-corrected chi connectivity index (χ4v) is 2.18. The van der Waals surface area contributed by atoms with Gasteiger partial charge < -0.3 is 14.7 Å². The maximum Gasteiger partial charge on any atom is 0.337 e. The SMILES string of the molecule is CCN(c1cccc(F)c1)c1cc(OC)ccc1C(=O)O. The summed E-state index contributed by atoms with van der Waals surface area (Å²) < 4.78 is 18.6. The van der Waals surface area contributed by atoms with Gasteiger partial charge in [0.25, 0.3) is 0 Å². The summed E-state index contributed by atoms with van der Waals surface area (Å²) in [6.45, 7) is 2.37. The van der Waals surface area contributed by atoms with Crippen molar-refractivity contribution in [2.24, 2.45) is 0 Å². The third kappa shape index (κ3) is 3.13. The van der Waals surface area contributed by atoms with Crippen LogP contribution in [-0.2, 0) is 0 Å². The van der Waals surface area contributed by atoms with Crippen molar-refractivity contribution in [1.82, 2.24) is 0 Å². The highest BCUT2D eigenvalue weighted by atomic mass is 19.1.